The van der Waals surface area contributed by atoms with E-state index < -0.39 is 18.5 Å². The van der Waals surface area contributed by atoms with Crippen LogP contribution in [0.3, 0.4) is 0 Å². The largest absolute Gasteiger partial charge is 0.494 e. The van der Waals surface area contributed by atoms with E-state index in [0.717, 1.165) is 10.1 Å². The second kappa shape index (κ2) is 10.1. The Bertz CT molecular complexity index is 1090. The molecule has 0 saturated carbocycles. The molecule has 1 amide bonds. The van der Waals surface area contributed by atoms with Crippen molar-refractivity contribution in [1.29, 1.82) is 5.26 Å². The van der Waals surface area contributed by atoms with Gasteiger partial charge in [-0.25, -0.2) is 4.79 Å². The third-order valence-corrected chi connectivity index (χ3v) is 5.91. The van der Waals surface area contributed by atoms with Gasteiger partial charge in [-0.2, -0.15) is 5.26 Å². The van der Waals surface area contributed by atoms with E-state index in [1.807, 2.05) is 37.3 Å². The minimum atomic E-state index is -0.651. The van der Waals surface area contributed by atoms with Crippen molar-refractivity contribution in [2.24, 2.45) is 0 Å². The number of nitriles is 1. The summed E-state index contributed by atoms with van der Waals surface area (Å²) in [4.78, 5) is 26.9. The Kier molecular flexibility index (Phi) is 7.28. The summed E-state index contributed by atoms with van der Waals surface area (Å²) in [5.41, 5.74) is 0.592. The molecule has 3 aromatic rings. The number of benzene rings is 2. The zero-order valence-corrected chi connectivity index (χ0v) is 17.8. The molecular formula is C22H19ClN2O4S. The maximum Gasteiger partial charge on any atom is 0.350 e. The summed E-state index contributed by atoms with van der Waals surface area (Å²) in [7, 11) is 0. The Hall–Kier alpha value is -3.08. The zero-order valence-electron chi connectivity index (χ0n) is 16.3. The Morgan fingerprint density at radius 2 is 1.90 bits per heavy atom. The molecule has 3 rings (SSSR count). The highest BCUT2D eigenvalue weighted by Crippen LogP contribution is 2.35. The van der Waals surface area contributed by atoms with Crippen LogP contribution in [0.2, 0.25) is 5.02 Å². The summed E-state index contributed by atoms with van der Waals surface area (Å²) in [6, 6.07) is 16.4. The molecule has 1 heterocycles. The maximum atomic E-state index is 12.7. The van der Waals surface area contributed by atoms with Crippen molar-refractivity contribution in [3.63, 3.8) is 0 Å². The first-order valence-corrected chi connectivity index (χ1v) is 10.5. The highest BCUT2D eigenvalue weighted by molar-refractivity contribution is 7.21. The van der Waals surface area contributed by atoms with Gasteiger partial charge in [0.05, 0.1) is 24.1 Å². The van der Waals surface area contributed by atoms with Crippen LogP contribution in [-0.4, -0.2) is 31.6 Å². The Morgan fingerprint density at radius 3 is 2.57 bits per heavy atom. The van der Waals surface area contributed by atoms with Crippen LogP contribution in [0.4, 0.5) is 5.69 Å². The highest BCUT2D eigenvalue weighted by atomic mass is 35.5. The van der Waals surface area contributed by atoms with E-state index in [9.17, 15) is 9.59 Å². The predicted molar refractivity (Wildman–Crippen MR) is 117 cm³/mol. The van der Waals surface area contributed by atoms with Crippen LogP contribution in [0.1, 0.15) is 23.0 Å². The third-order valence-electron chi connectivity index (χ3n) is 4.25. The standard InChI is InChI=1S/C22H19ClN2O4S/c1-2-28-16-10-8-15(9-11-16)25(13-5-12-24)19(26)14-29-22(27)21-20(23)17-6-3-4-7-18(17)30-21/h3-4,6-11H,2,5,13-14H2,1H3. The van der Waals surface area contributed by atoms with Gasteiger partial charge in [0, 0.05) is 22.3 Å². The van der Waals surface area contributed by atoms with Crippen LogP contribution >= 0.6 is 22.9 Å². The molecule has 0 aliphatic heterocycles. The van der Waals surface area contributed by atoms with Gasteiger partial charge in [0.25, 0.3) is 5.91 Å². The topological polar surface area (TPSA) is 79.6 Å². The SMILES string of the molecule is CCOc1ccc(N(CCC#N)C(=O)COC(=O)c2sc3ccccc3c2Cl)cc1. The minimum absolute atomic E-state index is 0.148. The number of anilines is 1. The van der Waals surface area contributed by atoms with Crippen molar-refractivity contribution >= 4 is 50.6 Å². The van der Waals surface area contributed by atoms with E-state index in [-0.39, 0.29) is 17.8 Å². The molecule has 0 unspecified atom stereocenters. The summed E-state index contributed by atoms with van der Waals surface area (Å²) >= 11 is 7.52. The Balaban J connectivity index is 1.71. The van der Waals surface area contributed by atoms with Gasteiger partial charge in [0.2, 0.25) is 0 Å². The van der Waals surface area contributed by atoms with Crippen molar-refractivity contribution in [1.82, 2.24) is 0 Å². The molecule has 6 nitrogen and oxygen atoms in total. The first-order chi connectivity index (χ1) is 14.5. The number of nitrogens with zero attached hydrogens (tertiary/aromatic N) is 2. The fraction of sp³-hybridized carbons (Fsp3) is 0.227. The highest BCUT2D eigenvalue weighted by Gasteiger charge is 2.22. The second-order valence-electron chi connectivity index (χ2n) is 6.20. The van der Waals surface area contributed by atoms with Crippen LogP contribution in [0.15, 0.2) is 48.5 Å². The van der Waals surface area contributed by atoms with Gasteiger partial charge in [0.15, 0.2) is 6.61 Å². The molecule has 2 aromatic carbocycles. The smallest absolute Gasteiger partial charge is 0.350 e. The van der Waals surface area contributed by atoms with Crippen molar-refractivity contribution in [3.8, 4) is 11.8 Å². The molecule has 30 heavy (non-hydrogen) atoms. The van der Waals surface area contributed by atoms with Gasteiger partial charge < -0.3 is 14.4 Å². The van der Waals surface area contributed by atoms with Gasteiger partial charge >= 0.3 is 5.97 Å². The van der Waals surface area contributed by atoms with E-state index in [4.69, 9.17) is 26.3 Å². The zero-order chi connectivity index (χ0) is 21.5. The molecule has 0 atom stereocenters. The van der Waals surface area contributed by atoms with Crippen LogP contribution < -0.4 is 9.64 Å². The van der Waals surface area contributed by atoms with Crippen molar-refractivity contribution in [2.75, 3.05) is 24.7 Å². The molecule has 8 heteroatoms. The van der Waals surface area contributed by atoms with Gasteiger partial charge in [-0.3, -0.25) is 4.79 Å². The summed E-state index contributed by atoms with van der Waals surface area (Å²) in [5.74, 6) is -0.402. The number of carbonyl (C=O) groups is 2. The molecule has 0 bridgehead atoms. The second-order valence-corrected chi connectivity index (χ2v) is 7.63. The first-order valence-electron chi connectivity index (χ1n) is 9.29. The fourth-order valence-corrected chi connectivity index (χ4v) is 4.27. The number of thiophene rings is 1. The number of amides is 1. The fourth-order valence-electron chi connectivity index (χ4n) is 2.86. The van der Waals surface area contributed by atoms with Gasteiger partial charge in [-0.1, -0.05) is 29.8 Å². The van der Waals surface area contributed by atoms with Crippen molar-refractivity contribution in [2.45, 2.75) is 13.3 Å². The van der Waals surface area contributed by atoms with Crippen LogP contribution in [0.5, 0.6) is 5.75 Å². The minimum Gasteiger partial charge on any atom is -0.494 e. The average Bonchev–Trinajstić information content (AvgIpc) is 3.10. The average molecular weight is 443 g/mol. The van der Waals surface area contributed by atoms with Crippen LogP contribution in [-0.2, 0) is 9.53 Å². The van der Waals surface area contributed by atoms with E-state index in [1.54, 1.807) is 24.3 Å². The summed E-state index contributed by atoms with van der Waals surface area (Å²) in [5, 5.41) is 10.0. The molecule has 0 fully saturated rings. The van der Waals surface area contributed by atoms with Crippen molar-refractivity contribution in [3.05, 3.63) is 58.4 Å². The number of hydrogen-bond donors (Lipinski definition) is 0. The summed E-state index contributed by atoms with van der Waals surface area (Å²) < 4.78 is 11.5. The number of halogens is 1. The van der Waals surface area contributed by atoms with E-state index >= 15 is 0 Å². The Morgan fingerprint density at radius 1 is 1.17 bits per heavy atom. The third kappa shape index (κ3) is 4.90. The monoisotopic (exact) mass is 442 g/mol. The molecule has 0 radical (unpaired) electrons. The lowest BCUT2D eigenvalue weighted by atomic mass is 10.2. The van der Waals surface area contributed by atoms with Gasteiger partial charge in [-0.15, -0.1) is 11.3 Å². The lowest BCUT2D eigenvalue weighted by molar-refractivity contribution is -0.121. The molecule has 0 aliphatic carbocycles. The molecule has 0 N–H and O–H groups in total. The van der Waals surface area contributed by atoms with Crippen LogP contribution in [0, 0.1) is 11.3 Å². The molecular weight excluding hydrogens is 424 g/mol. The lowest BCUT2D eigenvalue weighted by Gasteiger charge is -2.22. The molecule has 1 aromatic heterocycles. The van der Waals surface area contributed by atoms with E-state index in [2.05, 4.69) is 0 Å². The van der Waals surface area contributed by atoms with Gasteiger partial charge in [0.1, 0.15) is 10.6 Å². The van der Waals surface area contributed by atoms with E-state index in [1.165, 1.54) is 16.2 Å². The molecule has 154 valence electrons. The number of fused-ring (bicyclic) bond motifs is 1. The Labute approximate surface area is 183 Å². The van der Waals surface area contributed by atoms with E-state index in [0.29, 0.717) is 23.1 Å². The molecule has 0 saturated heterocycles. The predicted octanol–water partition coefficient (Wildman–Crippen LogP) is 5.06. The molecule has 0 spiro atoms. The lowest BCUT2D eigenvalue weighted by Crippen LogP contribution is -2.35. The number of ether oxygens (including phenoxy) is 2. The summed E-state index contributed by atoms with van der Waals surface area (Å²) in [6.45, 7) is 2.15. The summed E-state index contributed by atoms with van der Waals surface area (Å²) in [6.07, 6.45) is 0.148. The number of rotatable bonds is 8. The quantitative estimate of drug-likeness (QED) is 0.455. The molecule has 0 aliphatic rings. The number of esters is 1. The van der Waals surface area contributed by atoms with Gasteiger partial charge in [-0.05, 0) is 37.3 Å². The number of hydrogen-bond acceptors (Lipinski definition) is 6. The maximum absolute atomic E-state index is 12.7. The normalized spacial score (nSPS) is 10.4. The van der Waals surface area contributed by atoms with Crippen LogP contribution in [0.25, 0.3) is 10.1 Å². The van der Waals surface area contributed by atoms with Crippen molar-refractivity contribution < 1.29 is 19.1 Å². The first kappa shape index (κ1) is 21.6. The number of carbonyl (C=O) groups excluding carboxylic acids is 2.